The molecule has 100 valence electrons. The molecule has 0 aromatic heterocycles. The van der Waals surface area contributed by atoms with Crippen LogP contribution in [-0.2, 0) is 4.79 Å². The Morgan fingerprint density at radius 3 is 2.61 bits per heavy atom. The number of benzene rings is 1. The third-order valence-electron chi connectivity index (χ3n) is 2.86. The van der Waals surface area contributed by atoms with Crippen molar-refractivity contribution >= 4 is 5.97 Å². The number of hydrogen-bond donors (Lipinski definition) is 3. The summed E-state index contributed by atoms with van der Waals surface area (Å²) in [6.07, 6.45) is 0.817. The van der Waals surface area contributed by atoms with Crippen molar-refractivity contribution in [2.45, 2.75) is 26.3 Å². The first-order valence-corrected chi connectivity index (χ1v) is 5.93. The van der Waals surface area contributed by atoms with Gasteiger partial charge in [0.15, 0.2) is 0 Å². The van der Waals surface area contributed by atoms with Crippen LogP contribution in [0.4, 0.5) is 0 Å². The van der Waals surface area contributed by atoms with E-state index in [1.807, 2.05) is 13.8 Å². The van der Waals surface area contributed by atoms with E-state index in [-0.39, 0.29) is 24.1 Å². The monoisotopic (exact) mass is 253 g/mol. The maximum absolute atomic E-state index is 10.8. The van der Waals surface area contributed by atoms with Crippen LogP contribution in [0.25, 0.3) is 0 Å². The summed E-state index contributed by atoms with van der Waals surface area (Å²) in [6.45, 7) is 4.30. The summed E-state index contributed by atoms with van der Waals surface area (Å²) in [7, 11) is 0. The minimum absolute atomic E-state index is 0.0569. The van der Waals surface area contributed by atoms with Crippen LogP contribution >= 0.6 is 0 Å². The highest BCUT2D eigenvalue weighted by Gasteiger charge is 2.20. The van der Waals surface area contributed by atoms with Gasteiger partial charge >= 0.3 is 5.97 Å². The van der Waals surface area contributed by atoms with E-state index >= 15 is 0 Å². The predicted octanol–water partition coefficient (Wildman–Crippen LogP) is 1.96. The molecule has 18 heavy (non-hydrogen) atoms. The minimum atomic E-state index is -0.907. The smallest absolute Gasteiger partial charge is 0.317 e. The van der Waals surface area contributed by atoms with Gasteiger partial charge in [0.2, 0.25) is 0 Å². The Morgan fingerprint density at radius 1 is 1.39 bits per heavy atom. The highest BCUT2D eigenvalue weighted by Crippen LogP contribution is 2.31. The molecule has 0 radical (unpaired) electrons. The van der Waals surface area contributed by atoms with Gasteiger partial charge in [-0.2, -0.15) is 0 Å². The second-order valence-electron chi connectivity index (χ2n) is 4.28. The molecule has 0 amide bonds. The van der Waals surface area contributed by atoms with E-state index in [4.69, 9.17) is 5.11 Å². The van der Waals surface area contributed by atoms with Crippen molar-refractivity contribution in [3.63, 3.8) is 0 Å². The molecule has 0 saturated carbocycles. The van der Waals surface area contributed by atoms with E-state index in [0.29, 0.717) is 12.1 Å². The van der Waals surface area contributed by atoms with Gasteiger partial charge in [0.25, 0.3) is 0 Å². The van der Waals surface area contributed by atoms with Crippen LogP contribution in [0.3, 0.4) is 0 Å². The topological polar surface area (TPSA) is 81.0 Å². The van der Waals surface area contributed by atoms with Gasteiger partial charge in [0.05, 0.1) is 6.54 Å². The van der Waals surface area contributed by atoms with E-state index in [1.165, 1.54) is 18.2 Å². The van der Waals surface area contributed by atoms with Crippen molar-refractivity contribution in [1.82, 2.24) is 4.90 Å². The predicted molar refractivity (Wildman–Crippen MR) is 67.7 cm³/mol. The Kier molecular flexibility index (Phi) is 4.97. The fourth-order valence-corrected chi connectivity index (χ4v) is 1.94. The van der Waals surface area contributed by atoms with Crippen LogP contribution in [0, 0.1) is 0 Å². The maximum atomic E-state index is 10.8. The Balaban J connectivity index is 2.96. The fraction of sp³-hybridized carbons (Fsp3) is 0.462. The summed E-state index contributed by atoms with van der Waals surface area (Å²) in [6, 6.07) is 4.00. The number of hydrogen-bond acceptors (Lipinski definition) is 4. The molecule has 1 aromatic carbocycles. The lowest BCUT2D eigenvalue weighted by atomic mass is 10.0. The van der Waals surface area contributed by atoms with Crippen LogP contribution < -0.4 is 0 Å². The second-order valence-corrected chi connectivity index (χ2v) is 4.28. The highest BCUT2D eigenvalue weighted by atomic mass is 16.4. The SMILES string of the molecule is CCCN(CC(=O)O)C(C)c1cc(O)ccc1O. The molecule has 1 rings (SSSR count). The number of carboxylic acids is 1. The maximum Gasteiger partial charge on any atom is 0.317 e. The van der Waals surface area contributed by atoms with Gasteiger partial charge in [-0.1, -0.05) is 6.92 Å². The standard InChI is InChI=1S/C13H19NO4/c1-3-6-14(8-13(17)18)9(2)11-7-10(15)4-5-12(11)16/h4-5,7,9,15-16H,3,6,8H2,1-2H3,(H,17,18). The normalized spacial score (nSPS) is 12.6. The van der Waals surface area contributed by atoms with E-state index in [9.17, 15) is 15.0 Å². The van der Waals surface area contributed by atoms with Gasteiger partial charge in [-0.25, -0.2) is 0 Å². The van der Waals surface area contributed by atoms with Gasteiger partial charge in [-0.15, -0.1) is 0 Å². The molecule has 1 aromatic rings. The number of phenolic OH excluding ortho intramolecular Hbond substituents is 2. The Morgan fingerprint density at radius 2 is 2.06 bits per heavy atom. The lowest BCUT2D eigenvalue weighted by Crippen LogP contribution is -2.33. The number of carbonyl (C=O) groups is 1. The largest absolute Gasteiger partial charge is 0.508 e. The van der Waals surface area contributed by atoms with Crippen LogP contribution in [0.15, 0.2) is 18.2 Å². The van der Waals surface area contributed by atoms with Crippen molar-refractivity contribution in [1.29, 1.82) is 0 Å². The second kappa shape index (κ2) is 6.26. The lowest BCUT2D eigenvalue weighted by molar-refractivity contribution is -0.138. The molecule has 0 spiro atoms. The summed E-state index contributed by atoms with van der Waals surface area (Å²) >= 11 is 0. The number of nitrogens with zero attached hydrogens (tertiary/aromatic N) is 1. The average Bonchev–Trinajstić information content (AvgIpc) is 2.30. The van der Waals surface area contributed by atoms with Crippen molar-refractivity contribution in [2.75, 3.05) is 13.1 Å². The zero-order chi connectivity index (χ0) is 13.7. The number of aromatic hydroxyl groups is 2. The van der Waals surface area contributed by atoms with E-state index < -0.39 is 5.97 Å². The average molecular weight is 253 g/mol. The summed E-state index contributed by atoms with van der Waals surface area (Å²) < 4.78 is 0. The van der Waals surface area contributed by atoms with Crippen LogP contribution in [0.1, 0.15) is 31.9 Å². The molecule has 0 aliphatic heterocycles. The van der Waals surface area contributed by atoms with Crippen LogP contribution in [-0.4, -0.2) is 39.3 Å². The van der Waals surface area contributed by atoms with Crippen molar-refractivity contribution < 1.29 is 20.1 Å². The van der Waals surface area contributed by atoms with Crippen molar-refractivity contribution in [3.05, 3.63) is 23.8 Å². The molecule has 5 nitrogen and oxygen atoms in total. The van der Waals surface area contributed by atoms with Gasteiger partial charge in [0, 0.05) is 11.6 Å². The summed E-state index contributed by atoms with van der Waals surface area (Å²) in [5.41, 5.74) is 0.532. The van der Waals surface area contributed by atoms with E-state index in [0.717, 1.165) is 6.42 Å². The zero-order valence-electron chi connectivity index (χ0n) is 10.6. The molecule has 0 fully saturated rings. The van der Waals surface area contributed by atoms with Crippen molar-refractivity contribution in [3.8, 4) is 11.5 Å². The first-order valence-electron chi connectivity index (χ1n) is 5.93. The Bertz CT molecular complexity index is 419. The van der Waals surface area contributed by atoms with Gasteiger partial charge in [0.1, 0.15) is 11.5 Å². The third kappa shape index (κ3) is 3.63. The van der Waals surface area contributed by atoms with Gasteiger partial charge in [-0.05, 0) is 38.1 Å². The van der Waals surface area contributed by atoms with Crippen LogP contribution in [0.2, 0.25) is 0 Å². The highest BCUT2D eigenvalue weighted by molar-refractivity contribution is 5.69. The molecule has 1 atom stereocenters. The molecule has 0 saturated heterocycles. The van der Waals surface area contributed by atoms with E-state index in [2.05, 4.69) is 0 Å². The number of aliphatic carboxylic acids is 1. The lowest BCUT2D eigenvalue weighted by Gasteiger charge is -2.27. The zero-order valence-corrected chi connectivity index (χ0v) is 10.6. The Hall–Kier alpha value is -1.75. The molecular weight excluding hydrogens is 234 g/mol. The third-order valence-corrected chi connectivity index (χ3v) is 2.86. The quantitative estimate of drug-likeness (QED) is 0.675. The van der Waals surface area contributed by atoms with Crippen LogP contribution in [0.5, 0.6) is 11.5 Å². The van der Waals surface area contributed by atoms with Gasteiger partial charge in [-0.3, -0.25) is 9.69 Å². The fourth-order valence-electron chi connectivity index (χ4n) is 1.94. The number of phenols is 2. The Labute approximate surface area is 106 Å². The minimum Gasteiger partial charge on any atom is -0.508 e. The number of rotatable bonds is 6. The molecule has 0 aliphatic carbocycles. The summed E-state index contributed by atoms with van der Waals surface area (Å²) in [5, 5.41) is 28.1. The molecule has 3 N–H and O–H groups in total. The number of carboxylic acid groups (broad SMARTS) is 1. The summed E-state index contributed by atoms with van der Waals surface area (Å²) in [5.74, 6) is -0.789. The summed E-state index contributed by atoms with van der Waals surface area (Å²) in [4.78, 5) is 12.6. The molecule has 1 unspecified atom stereocenters. The molecular formula is C13H19NO4. The van der Waals surface area contributed by atoms with Crippen molar-refractivity contribution in [2.24, 2.45) is 0 Å². The first-order chi connectivity index (χ1) is 8.45. The first kappa shape index (κ1) is 14.3. The van der Waals surface area contributed by atoms with E-state index in [1.54, 1.807) is 4.90 Å². The molecule has 0 heterocycles. The molecule has 5 heteroatoms. The molecule has 0 aliphatic rings. The van der Waals surface area contributed by atoms with Gasteiger partial charge < -0.3 is 15.3 Å². The molecule has 0 bridgehead atoms.